The van der Waals surface area contributed by atoms with Crippen molar-refractivity contribution in [3.8, 4) is 5.75 Å². The van der Waals surface area contributed by atoms with Gasteiger partial charge in [-0.3, -0.25) is 0 Å². The minimum Gasteiger partial charge on any atom is -0.508 e. The minimum absolute atomic E-state index is 0.142. The summed E-state index contributed by atoms with van der Waals surface area (Å²) in [5.41, 5.74) is 6.48. The molecule has 0 saturated carbocycles. The molecule has 3 N–H and O–H groups in total. The molecular formula is C13H14ClNO. The molecule has 0 aliphatic carbocycles. The average molecular weight is 236 g/mol. The van der Waals surface area contributed by atoms with E-state index in [9.17, 15) is 5.11 Å². The molecule has 0 bridgehead atoms. The lowest BCUT2D eigenvalue weighted by Gasteiger charge is -2.12. The fraction of sp³-hybridized carbons (Fsp3) is 0.231. The van der Waals surface area contributed by atoms with E-state index in [0.717, 1.165) is 16.3 Å². The summed E-state index contributed by atoms with van der Waals surface area (Å²) in [6, 6.07) is 9.31. The molecule has 0 radical (unpaired) electrons. The lowest BCUT2D eigenvalue weighted by atomic mass is 9.97. The van der Waals surface area contributed by atoms with Gasteiger partial charge in [0.2, 0.25) is 0 Å². The third-order valence-corrected chi connectivity index (χ3v) is 3.07. The molecule has 2 nitrogen and oxygen atoms in total. The lowest BCUT2D eigenvalue weighted by Crippen LogP contribution is -2.08. The van der Waals surface area contributed by atoms with Crippen molar-refractivity contribution in [1.82, 2.24) is 0 Å². The maximum Gasteiger partial charge on any atom is 0.119 e. The molecule has 0 aliphatic rings. The zero-order chi connectivity index (χ0) is 11.7. The van der Waals surface area contributed by atoms with Crippen molar-refractivity contribution < 1.29 is 5.11 Å². The first-order chi connectivity index (χ1) is 7.61. The van der Waals surface area contributed by atoms with Gasteiger partial charge in [-0.15, -0.1) is 0 Å². The maximum absolute atomic E-state index is 9.89. The molecule has 0 heterocycles. The van der Waals surface area contributed by atoms with Crippen LogP contribution in [0.3, 0.4) is 0 Å². The molecular weight excluding hydrogens is 222 g/mol. The van der Waals surface area contributed by atoms with Gasteiger partial charge in [0, 0.05) is 5.02 Å². The Morgan fingerprint density at radius 3 is 2.69 bits per heavy atom. The molecule has 0 aromatic heterocycles. The molecule has 2 aromatic rings. The van der Waals surface area contributed by atoms with E-state index in [1.54, 1.807) is 6.07 Å². The van der Waals surface area contributed by atoms with Crippen molar-refractivity contribution >= 4 is 22.4 Å². The van der Waals surface area contributed by atoms with Gasteiger partial charge in [-0.05, 0) is 53.1 Å². The largest absolute Gasteiger partial charge is 0.508 e. The molecule has 0 amide bonds. The van der Waals surface area contributed by atoms with Crippen molar-refractivity contribution in [2.45, 2.75) is 12.8 Å². The van der Waals surface area contributed by atoms with Gasteiger partial charge in [0.15, 0.2) is 0 Å². The summed E-state index contributed by atoms with van der Waals surface area (Å²) in [6.45, 7) is 2.51. The SMILES string of the molecule is CC(CN)c1cc2cc(Cl)ccc2cc1O. The van der Waals surface area contributed by atoms with Gasteiger partial charge < -0.3 is 10.8 Å². The average Bonchev–Trinajstić information content (AvgIpc) is 2.28. The molecule has 16 heavy (non-hydrogen) atoms. The number of nitrogens with two attached hydrogens (primary N) is 1. The molecule has 1 unspecified atom stereocenters. The summed E-state index contributed by atoms with van der Waals surface area (Å²) in [6.07, 6.45) is 0. The van der Waals surface area contributed by atoms with Gasteiger partial charge in [-0.1, -0.05) is 24.6 Å². The number of phenols is 1. The third kappa shape index (κ3) is 1.99. The first kappa shape index (κ1) is 11.2. The first-order valence-corrected chi connectivity index (χ1v) is 5.62. The monoisotopic (exact) mass is 235 g/mol. The quantitative estimate of drug-likeness (QED) is 0.839. The lowest BCUT2D eigenvalue weighted by molar-refractivity contribution is 0.464. The highest BCUT2D eigenvalue weighted by Gasteiger charge is 2.10. The number of phenolic OH excluding ortho intramolecular Hbond substituents is 1. The number of benzene rings is 2. The number of fused-ring (bicyclic) bond motifs is 1. The van der Waals surface area contributed by atoms with Gasteiger partial charge in [0.1, 0.15) is 5.75 Å². The number of rotatable bonds is 2. The molecule has 0 saturated heterocycles. The molecule has 1 atom stereocenters. The molecule has 0 aliphatic heterocycles. The van der Waals surface area contributed by atoms with E-state index >= 15 is 0 Å². The topological polar surface area (TPSA) is 46.2 Å². The Labute approximate surface area is 99.6 Å². The second-order valence-corrected chi connectivity index (χ2v) is 4.48. The van der Waals surface area contributed by atoms with E-state index in [0.29, 0.717) is 17.3 Å². The van der Waals surface area contributed by atoms with Crippen LogP contribution in [0.15, 0.2) is 30.3 Å². The highest BCUT2D eigenvalue weighted by Crippen LogP contribution is 2.31. The van der Waals surface area contributed by atoms with Crippen LogP contribution in [-0.2, 0) is 0 Å². The molecule has 0 spiro atoms. The van der Waals surface area contributed by atoms with E-state index in [1.807, 2.05) is 31.2 Å². The van der Waals surface area contributed by atoms with Crippen LogP contribution in [0.2, 0.25) is 5.02 Å². The first-order valence-electron chi connectivity index (χ1n) is 5.24. The number of aromatic hydroxyl groups is 1. The van der Waals surface area contributed by atoms with Crippen molar-refractivity contribution in [3.63, 3.8) is 0 Å². The smallest absolute Gasteiger partial charge is 0.119 e. The van der Waals surface area contributed by atoms with Crippen LogP contribution in [0.5, 0.6) is 5.75 Å². The molecule has 84 valence electrons. The number of halogens is 1. The normalized spacial score (nSPS) is 12.9. The van der Waals surface area contributed by atoms with Crippen LogP contribution in [0.1, 0.15) is 18.4 Å². The summed E-state index contributed by atoms with van der Waals surface area (Å²) in [5.74, 6) is 0.441. The molecule has 2 aromatic carbocycles. The number of hydrogen-bond donors (Lipinski definition) is 2. The van der Waals surface area contributed by atoms with E-state index in [2.05, 4.69) is 0 Å². The second-order valence-electron chi connectivity index (χ2n) is 4.04. The van der Waals surface area contributed by atoms with Gasteiger partial charge in [-0.2, -0.15) is 0 Å². The molecule has 0 fully saturated rings. The summed E-state index contributed by atoms with van der Waals surface area (Å²) in [5, 5.41) is 12.6. The van der Waals surface area contributed by atoms with Crippen LogP contribution in [0.25, 0.3) is 10.8 Å². The summed E-state index contributed by atoms with van der Waals surface area (Å²) in [4.78, 5) is 0. The second kappa shape index (κ2) is 4.32. The Morgan fingerprint density at radius 2 is 2.00 bits per heavy atom. The van der Waals surface area contributed by atoms with Crippen LogP contribution in [0.4, 0.5) is 0 Å². The van der Waals surface area contributed by atoms with Crippen LogP contribution in [0, 0.1) is 0 Å². The Hall–Kier alpha value is -1.25. The molecule has 2 rings (SSSR count). The Bertz CT molecular complexity index is 525. The maximum atomic E-state index is 9.89. The third-order valence-electron chi connectivity index (χ3n) is 2.83. The fourth-order valence-corrected chi connectivity index (χ4v) is 1.98. The van der Waals surface area contributed by atoms with Gasteiger partial charge in [0.05, 0.1) is 0 Å². The highest BCUT2D eigenvalue weighted by molar-refractivity contribution is 6.31. The number of hydrogen-bond acceptors (Lipinski definition) is 2. The predicted octanol–water partition coefficient (Wildman–Crippen LogP) is 3.26. The van der Waals surface area contributed by atoms with Gasteiger partial charge in [-0.25, -0.2) is 0 Å². The van der Waals surface area contributed by atoms with Crippen LogP contribution >= 0.6 is 11.6 Å². The predicted molar refractivity (Wildman–Crippen MR) is 68.1 cm³/mol. The van der Waals surface area contributed by atoms with Crippen molar-refractivity contribution in [1.29, 1.82) is 0 Å². The van der Waals surface area contributed by atoms with Crippen molar-refractivity contribution in [3.05, 3.63) is 40.9 Å². The van der Waals surface area contributed by atoms with Gasteiger partial charge in [0.25, 0.3) is 0 Å². The Balaban J connectivity index is 2.64. The van der Waals surface area contributed by atoms with Crippen LogP contribution in [-0.4, -0.2) is 11.7 Å². The van der Waals surface area contributed by atoms with Crippen LogP contribution < -0.4 is 5.73 Å². The minimum atomic E-state index is 0.142. The summed E-state index contributed by atoms with van der Waals surface area (Å²) < 4.78 is 0. The van der Waals surface area contributed by atoms with Crippen molar-refractivity contribution in [2.75, 3.05) is 6.54 Å². The van der Waals surface area contributed by atoms with E-state index < -0.39 is 0 Å². The fourth-order valence-electron chi connectivity index (χ4n) is 1.80. The zero-order valence-corrected chi connectivity index (χ0v) is 9.83. The van der Waals surface area contributed by atoms with E-state index in [1.165, 1.54) is 0 Å². The summed E-state index contributed by atoms with van der Waals surface area (Å²) in [7, 11) is 0. The van der Waals surface area contributed by atoms with E-state index in [4.69, 9.17) is 17.3 Å². The Kier molecular flexibility index (Phi) is 3.03. The standard InChI is InChI=1S/C13H14ClNO/c1-8(7-15)12-5-10-4-11(14)3-2-9(10)6-13(12)16/h2-6,8,16H,7,15H2,1H3. The van der Waals surface area contributed by atoms with E-state index in [-0.39, 0.29) is 5.92 Å². The highest BCUT2D eigenvalue weighted by atomic mass is 35.5. The zero-order valence-electron chi connectivity index (χ0n) is 9.07. The van der Waals surface area contributed by atoms with Crippen molar-refractivity contribution in [2.24, 2.45) is 5.73 Å². The Morgan fingerprint density at radius 1 is 1.25 bits per heavy atom. The molecule has 3 heteroatoms. The summed E-state index contributed by atoms with van der Waals surface area (Å²) >= 11 is 5.94. The van der Waals surface area contributed by atoms with Gasteiger partial charge >= 0.3 is 0 Å².